The SMILES string of the molecule is CCNC(=O)c1ccc(NC(C)CCOC)cc1. The number of hydrogen-bond donors (Lipinski definition) is 2. The number of anilines is 1. The molecule has 0 saturated carbocycles. The first-order valence-corrected chi connectivity index (χ1v) is 6.31. The molecule has 18 heavy (non-hydrogen) atoms. The van der Waals surface area contributed by atoms with E-state index in [-0.39, 0.29) is 5.91 Å². The van der Waals surface area contributed by atoms with Crippen LogP contribution >= 0.6 is 0 Å². The topological polar surface area (TPSA) is 50.4 Å². The molecular weight excluding hydrogens is 228 g/mol. The van der Waals surface area contributed by atoms with Gasteiger partial charge in [0.25, 0.3) is 5.91 Å². The molecule has 0 spiro atoms. The van der Waals surface area contributed by atoms with Crippen LogP contribution in [0.15, 0.2) is 24.3 Å². The molecule has 100 valence electrons. The van der Waals surface area contributed by atoms with Gasteiger partial charge in [0.2, 0.25) is 0 Å². The average Bonchev–Trinajstić information content (AvgIpc) is 2.37. The van der Waals surface area contributed by atoms with Crippen LogP contribution in [0.2, 0.25) is 0 Å². The molecule has 0 saturated heterocycles. The largest absolute Gasteiger partial charge is 0.385 e. The number of amides is 1. The lowest BCUT2D eigenvalue weighted by atomic mass is 10.1. The summed E-state index contributed by atoms with van der Waals surface area (Å²) in [5.74, 6) is -0.0310. The maximum atomic E-state index is 11.6. The minimum atomic E-state index is -0.0310. The van der Waals surface area contributed by atoms with Gasteiger partial charge in [-0.25, -0.2) is 0 Å². The molecule has 1 aromatic carbocycles. The van der Waals surface area contributed by atoms with Gasteiger partial charge in [-0.1, -0.05) is 0 Å². The predicted octanol–water partition coefficient (Wildman–Crippen LogP) is 2.27. The second-order valence-electron chi connectivity index (χ2n) is 4.26. The van der Waals surface area contributed by atoms with Crippen molar-refractivity contribution in [2.45, 2.75) is 26.3 Å². The van der Waals surface area contributed by atoms with Gasteiger partial charge in [0, 0.05) is 37.6 Å². The van der Waals surface area contributed by atoms with E-state index in [0.717, 1.165) is 18.7 Å². The first-order valence-electron chi connectivity index (χ1n) is 6.31. The predicted molar refractivity (Wildman–Crippen MR) is 74.0 cm³/mol. The number of ether oxygens (including phenoxy) is 1. The van der Waals surface area contributed by atoms with E-state index in [1.54, 1.807) is 7.11 Å². The molecule has 0 bridgehead atoms. The number of rotatable bonds is 7. The molecule has 1 amide bonds. The van der Waals surface area contributed by atoms with Crippen molar-refractivity contribution in [2.24, 2.45) is 0 Å². The minimum absolute atomic E-state index is 0.0310. The van der Waals surface area contributed by atoms with Gasteiger partial charge in [0.05, 0.1) is 0 Å². The van der Waals surface area contributed by atoms with E-state index in [1.807, 2.05) is 31.2 Å². The lowest BCUT2D eigenvalue weighted by Crippen LogP contribution is -2.22. The summed E-state index contributed by atoms with van der Waals surface area (Å²) >= 11 is 0. The summed E-state index contributed by atoms with van der Waals surface area (Å²) in [6, 6.07) is 7.86. The standard InChI is InChI=1S/C14H22N2O2/c1-4-15-14(17)12-5-7-13(8-6-12)16-11(2)9-10-18-3/h5-8,11,16H,4,9-10H2,1-3H3,(H,15,17). The number of methoxy groups -OCH3 is 1. The van der Waals surface area contributed by atoms with Crippen LogP contribution in [0.3, 0.4) is 0 Å². The van der Waals surface area contributed by atoms with Crippen molar-refractivity contribution in [3.05, 3.63) is 29.8 Å². The Labute approximate surface area is 109 Å². The maximum absolute atomic E-state index is 11.6. The molecule has 0 aliphatic heterocycles. The highest BCUT2D eigenvalue weighted by molar-refractivity contribution is 5.94. The maximum Gasteiger partial charge on any atom is 0.251 e. The highest BCUT2D eigenvalue weighted by Crippen LogP contribution is 2.11. The third-order valence-corrected chi connectivity index (χ3v) is 2.65. The van der Waals surface area contributed by atoms with E-state index in [4.69, 9.17) is 4.74 Å². The van der Waals surface area contributed by atoms with Gasteiger partial charge < -0.3 is 15.4 Å². The Morgan fingerprint density at radius 3 is 2.56 bits per heavy atom. The van der Waals surface area contributed by atoms with Crippen molar-refractivity contribution in [3.63, 3.8) is 0 Å². The monoisotopic (exact) mass is 250 g/mol. The van der Waals surface area contributed by atoms with Gasteiger partial charge in [-0.15, -0.1) is 0 Å². The zero-order valence-corrected chi connectivity index (χ0v) is 11.3. The minimum Gasteiger partial charge on any atom is -0.385 e. The molecule has 4 heteroatoms. The highest BCUT2D eigenvalue weighted by Gasteiger charge is 2.05. The second-order valence-corrected chi connectivity index (χ2v) is 4.26. The van der Waals surface area contributed by atoms with Crippen LogP contribution in [0.5, 0.6) is 0 Å². The molecule has 1 unspecified atom stereocenters. The lowest BCUT2D eigenvalue weighted by molar-refractivity contribution is 0.0956. The molecule has 1 rings (SSSR count). The smallest absolute Gasteiger partial charge is 0.251 e. The normalized spacial score (nSPS) is 11.9. The van der Waals surface area contributed by atoms with E-state index in [0.29, 0.717) is 18.2 Å². The van der Waals surface area contributed by atoms with Crippen molar-refractivity contribution in [3.8, 4) is 0 Å². The van der Waals surface area contributed by atoms with Gasteiger partial charge in [-0.3, -0.25) is 4.79 Å². The molecule has 0 aliphatic rings. The van der Waals surface area contributed by atoms with Gasteiger partial charge >= 0.3 is 0 Å². The summed E-state index contributed by atoms with van der Waals surface area (Å²) in [6.45, 7) is 5.40. The summed E-state index contributed by atoms with van der Waals surface area (Å²) in [4.78, 5) is 11.6. The van der Waals surface area contributed by atoms with Crippen LogP contribution in [0.25, 0.3) is 0 Å². The van der Waals surface area contributed by atoms with Gasteiger partial charge in [0.1, 0.15) is 0 Å². The van der Waals surface area contributed by atoms with Crippen LogP contribution in [-0.2, 0) is 4.74 Å². The Kier molecular flexibility index (Phi) is 6.22. The quantitative estimate of drug-likeness (QED) is 0.780. The van der Waals surface area contributed by atoms with E-state index in [9.17, 15) is 4.79 Å². The molecular formula is C14H22N2O2. The molecule has 2 N–H and O–H groups in total. The van der Waals surface area contributed by atoms with Crippen molar-refractivity contribution < 1.29 is 9.53 Å². The van der Waals surface area contributed by atoms with E-state index >= 15 is 0 Å². The van der Waals surface area contributed by atoms with E-state index in [2.05, 4.69) is 17.6 Å². The summed E-state index contributed by atoms with van der Waals surface area (Å²) < 4.78 is 5.03. The second kappa shape index (κ2) is 7.71. The molecule has 0 fully saturated rings. The zero-order chi connectivity index (χ0) is 13.4. The number of carbonyl (C=O) groups is 1. The van der Waals surface area contributed by atoms with Crippen LogP contribution < -0.4 is 10.6 Å². The van der Waals surface area contributed by atoms with Crippen molar-refractivity contribution in [1.82, 2.24) is 5.32 Å². The fourth-order valence-corrected chi connectivity index (χ4v) is 1.63. The fraction of sp³-hybridized carbons (Fsp3) is 0.500. The number of benzene rings is 1. The number of carbonyl (C=O) groups excluding carboxylic acids is 1. The van der Waals surface area contributed by atoms with E-state index < -0.39 is 0 Å². The Morgan fingerprint density at radius 1 is 1.33 bits per heavy atom. The van der Waals surface area contributed by atoms with Crippen LogP contribution in [0, 0.1) is 0 Å². The number of hydrogen-bond acceptors (Lipinski definition) is 3. The van der Waals surface area contributed by atoms with Crippen LogP contribution in [0.4, 0.5) is 5.69 Å². The Balaban J connectivity index is 2.52. The molecule has 0 radical (unpaired) electrons. The van der Waals surface area contributed by atoms with Crippen molar-refractivity contribution in [1.29, 1.82) is 0 Å². The number of nitrogens with one attached hydrogen (secondary N) is 2. The van der Waals surface area contributed by atoms with Gasteiger partial charge in [-0.2, -0.15) is 0 Å². The molecule has 4 nitrogen and oxygen atoms in total. The Bertz CT molecular complexity index is 363. The summed E-state index contributed by atoms with van der Waals surface area (Å²) in [5, 5.41) is 6.14. The summed E-state index contributed by atoms with van der Waals surface area (Å²) in [7, 11) is 1.70. The first kappa shape index (κ1) is 14.5. The van der Waals surface area contributed by atoms with Crippen LogP contribution in [-0.4, -0.2) is 32.2 Å². The zero-order valence-electron chi connectivity index (χ0n) is 11.3. The van der Waals surface area contributed by atoms with Gasteiger partial charge in [0.15, 0.2) is 0 Å². The third-order valence-electron chi connectivity index (χ3n) is 2.65. The Hall–Kier alpha value is -1.55. The van der Waals surface area contributed by atoms with E-state index in [1.165, 1.54) is 0 Å². The molecule has 0 heterocycles. The summed E-state index contributed by atoms with van der Waals surface area (Å²) in [6.07, 6.45) is 0.953. The van der Waals surface area contributed by atoms with Crippen molar-refractivity contribution in [2.75, 3.05) is 25.6 Å². The molecule has 1 atom stereocenters. The highest BCUT2D eigenvalue weighted by atomic mass is 16.5. The average molecular weight is 250 g/mol. The van der Waals surface area contributed by atoms with Crippen LogP contribution in [0.1, 0.15) is 30.6 Å². The first-order chi connectivity index (χ1) is 8.67. The fourth-order valence-electron chi connectivity index (χ4n) is 1.63. The molecule has 0 aliphatic carbocycles. The molecule has 0 aromatic heterocycles. The summed E-state index contributed by atoms with van der Waals surface area (Å²) in [5.41, 5.74) is 1.71. The molecule has 1 aromatic rings. The lowest BCUT2D eigenvalue weighted by Gasteiger charge is -2.15. The Morgan fingerprint density at radius 2 is 2.00 bits per heavy atom. The van der Waals surface area contributed by atoms with Crippen molar-refractivity contribution >= 4 is 11.6 Å². The van der Waals surface area contributed by atoms with Gasteiger partial charge in [-0.05, 0) is 44.5 Å². The third kappa shape index (κ3) is 4.75.